The summed E-state index contributed by atoms with van der Waals surface area (Å²) in [4.78, 5) is 15.2. The third kappa shape index (κ3) is 2.46. The number of rotatable bonds is 4. The van der Waals surface area contributed by atoms with Crippen LogP contribution in [0.25, 0.3) is 0 Å². The van der Waals surface area contributed by atoms with E-state index in [4.69, 9.17) is 10.5 Å². The molecule has 0 atom stereocenters. The summed E-state index contributed by atoms with van der Waals surface area (Å²) in [5.74, 6) is -0.0355. The molecule has 0 fully saturated rings. The van der Waals surface area contributed by atoms with Crippen molar-refractivity contribution in [1.29, 1.82) is 0 Å². The van der Waals surface area contributed by atoms with Crippen molar-refractivity contribution >= 4 is 5.91 Å². The maximum absolute atomic E-state index is 11.2. The SMILES string of the molecule is NC(=O)c1cccnc1Oc1ccccc1CO. The second kappa shape index (κ2) is 5.29. The van der Waals surface area contributed by atoms with Crippen LogP contribution in [0.5, 0.6) is 11.6 Å². The van der Waals surface area contributed by atoms with Gasteiger partial charge in [0, 0.05) is 11.8 Å². The molecule has 1 heterocycles. The normalized spacial score (nSPS) is 10.1. The molecule has 5 heteroatoms. The van der Waals surface area contributed by atoms with Crippen LogP contribution in [0, 0.1) is 0 Å². The van der Waals surface area contributed by atoms with Crippen LogP contribution in [0.3, 0.4) is 0 Å². The molecule has 0 aliphatic carbocycles. The molecule has 0 aliphatic heterocycles. The van der Waals surface area contributed by atoms with Gasteiger partial charge in [-0.1, -0.05) is 18.2 Å². The lowest BCUT2D eigenvalue weighted by molar-refractivity contribution is 0.0997. The summed E-state index contributed by atoms with van der Waals surface area (Å²) >= 11 is 0. The maximum atomic E-state index is 11.2. The summed E-state index contributed by atoms with van der Waals surface area (Å²) in [6.07, 6.45) is 1.50. The molecule has 2 aromatic rings. The van der Waals surface area contributed by atoms with Crippen LogP contribution in [0.1, 0.15) is 15.9 Å². The quantitative estimate of drug-likeness (QED) is 0.852. The summed E-state index contributed by atoms with van der Waals surface area (Å²) in [6.45, 7) is -0.158. The van der Waals surface area contributed by atoms with Crippen molar-refractivity contribution in [1.82, 2.24) is 4.98 Å². The van der Waals surface area contributed by atoms with Gasteiger partial charge in [0.25, 0.3) is 5.91 Å². The molecule has 1 aromatic heterocycles. The minimum Gasteiger partial charge on any atom is -0.438 e. The Balaban J connectivity index is 2.37. The number of aliphatic hydroxyl groups excluding tert-OH is 1. The first-order valence-electron chi connectivity index (χ1n) is 5.34. The van der Waals surface area contributed by atoms with E-state index in [0.717, 1.165) is 0 Å². The van der Waals surface area contributed by atoms with Crippen LogP contribution in [-0.2, 0) is 6.61 Å². The molecule has 0 spiro atoms. The zero-order valence-electron chi connectivity index (χ0n) is 9.54. The fourth-order valence-electron chi connectivity index (χ4n) is 1.50. The van der Waals surface area contributed by atoms with Gasteiger partial charge in [-0.3, -0.25) is 4.79 Å². The molecule has 0 saturated carbocycles. The second-order valence-corrected chi connectivity index (χ2v) is 3.59. The van der Waals surface area contributed by atoms with E-state index in [1.54, 1.807) is 30.3 Å². The van der Waals surface area contributed by atoms with E-state index in [2.05, 4.69) is 4.98 Å². The van der Waals surface area contributed by atoms with E-state index in [1.807, 2.05) is 0 Å². The number of primary amides is 1. The van der Waals surface area contributed by atoms with E-state index < -0.39 is 5.91 Å². The first kappa shape index (κ1) is 12.1. The Morgan fingerprint density at radius 2 is 2.06 bits per heavy atom. The van der Waals surface area contributed by atoms with Gasteiger partial charge in [-0.15, -0.1) is 0 Å². The third-order valence-electron chi connectivity index (χ3n) is 2.39. The summed E-state index contributed by atoms with van der Waals surface area (Å²) in [5, 5.41) is 9.18. The molecule has 1 amide bonds. The number of hydrogen-bond acceptors (Lipinski definition) is 4. The standard InChI is InChI=1S/C13H12N2O3/c14-12(17)10-5-3-7-15-13(10)18-11-6-2-1-4-9(11)8-16/h1-7,16H,8H2,(H2,14,17). The first-order valence-corrected chi connectivity index (χ1v) is 5.34. The lowest BCUT2D eigenvalue weighted by atomic mass is 10.2. The fourth-order valence-corrected chi connectivity index (χ4v) is 1.50. The van der Waals surface area contributed by atoms with Crippen LogP contribution in [0.15, 0.2) is 42.6 Å². The lowest BCUT2D eigenvalue weighted by Gasteiger charge is -2.10. The first-order chi connectivity index (χ1) is 8.72. The van der Waals surface area contributed by atoms with Gasteiger partial charge in [0.15, 0.2) is 0 Å². The molecule has 0 saturated heterocycles. The monoisotopic (exact) mass is 244 g/mol. The molecule has 1 aromatic carbocycles. The molecule has 0 aliphatic rings. The van der Waals surface area contributed by atoms with Gasteiger partial charge in [-0.2, -0.15) is 0 Å². The highest BCUT2D eigenvalue weighted by atomic mass is 16.5. The number of ether oxygens (including phenoxy) is 1. The number of carbonyl (C=O) groups excluding carboxylic acids is 1. The Hall–Kier alpha value is -2.40. The van der Waals surface area contributed by atoms with Crippen molar-refractivity contribution in [3.8, 4) is 11.6 Å². The Labute approximate surface area is 104 Å². The van der Waals surface area contributed by atoms with Crippen LogP contribution in [0.4, 0.5) is 0 Å². The molecule has 0 unspecified atom stereocenters. The number of nitrogens with two attached hydrogens (primary N) is 1. The summed E-state index contributed by atoms with van der Waals surface area (Å²) in [6, 6.07) is 10.1. The molecule has 5 nitrogen and oxygen atoms in total. The topological polar surface area (TPSA) is 85.4 Å². The van der Waals surface area contributed by atoms with Gasteiger partial charge >= 0.3 is 0 Å². The Morgan fingerprint density at radius 3 is 2.78 bits per heavy atom. The zero-order chi connectivity index (χ0) is 13.0. The number of amides is 1. The largest absolute Gasteiger partial charge is 0.438 e. The van der Waals surface area contributed by atoms with Gasteiger partial charge < -0.3 is 15.6 Å². The van der Waals surface area contributed by atoms with E-state index in [-0.39, 0.29) is 18.1 Å². The summed E-state index contributed by atoms with van der Waals surface area (Å²) < 4.78 is 5.52. The highest BCUT2D eigenvalue weighted by Gasteiger charge is 2.12. The maximum Gasteiger partial charge on any atom is 0.254 e. The minimum absolute atomic E-state index is 0.130. The Bertz CT molecular complexity index is 570. The average Bonchev–Trinajstić information content (AvgIpc) is 2.40. The second-order valence-electron chi connectivity index (χ2n) is 3.59. The van der Waals surface area contributed by atoms with Gasteiger partial charge in [0.2, 0.25) is 5.88 Å². The van der Waals surface area contributed by atoms with Gasteiger partial charge in [-0.25, -0.2) is 4.98 Å². The van der Waals surface area contributed by atoms with Crippen molar-refractivity contribution in [3.05, 3.63) is 53.7 Å². The predicted octanol–water partition coefficient (Wildman–Crippen LogP) is 1.47. The molecular formula is C13H12N2O3. The van der Waals surface area contributed by atoms with Crippen molar-refractivity contribution in [3.63, 3.8) is 0 Å². The van der Waals surface area contributed by atoms with E-state index in [9.17, 15) is 9.90 Å². The zero-order valence-corrected chi connectivity index (χ0v) is 9.54. The van der Waals surface area contributed by atoms with Gasteiger partial charge in [-0.05, 0) is 18.2 Å². The highest BCUT2D eigenvalue weighted by molar-refractivity contribution is 5.95. The molecule has 2 rings (SSSR count). The number of benzene rings is 1. The molecule has 0 bridgehead atoms. The summed E-state index contributed by atoms with van der Waals surface area (Å²) in [7, 11) is 0. The summed E-state index contributed by atoms with van der Waals surface area (Å²) in [5.41, 5.74) is 6.04. The Morgan fingerprint density at radius 1 is 1.28 bits per heavy atom. The van der Waals surface area contributed by atoms with Crippen LogP contribution in [0.2, 0.25) is 0 Å². The minimum atomic E-state index is -0.612. The van der Waals surface area contributed by atoms with Crippen molar-refractivity contribution in [2.45, 2.75) is 6.61 Å². The van der Waals surface area contributed by atoms with Crippen LogP contribution >= 0.6 is 0 Å². The number of nitrogens with zero attached hydrogens (tertiary/aromatic N) is 1. The molecule has 3 N–H and O–H groups in total. The lowest BCUT2D eigenvalue weighted by Crippen LogP contribution is -2.13. The van der Waals surface area contributed by atoms with Crippen LogP contribution < -0.4 is 10.5 Å². The van der Waals surface area contributed by atoms with E-state index in [0.29, 0.717) is 11.3 Å². The third-order valence-corrected chi connectivity index (χ3v) is 2.39. The Kier molecular flexibility index (Phi) is 3.54. The predicted molar refractivity (Wildman–Crippen MR) is 65.2 cm³/mol. The molecule has 92 valence electrons. The number of aromatic nitrogens is 1. The number of pyridine rings is 1. The average molecular weight is 244 g/mol. The molecular weight excluding hydrogens is 232 g/mol. The smallest absolute Gasteiger partial charge is 0.254 e. The van der Waals surface area contributed by atoms with Crippen molar-refractivity contribution in [2.75, 3.05) is 0 Å². The number of aliphatic hydroxyl groups is 1. The van der Waals surface area contributed by atoms with E-state index >= 15 is 0 Å². The van der Waals surface area contributed by atoms with Crippen molar-refractivity contribution in [2.24, 2.45) is 5.73 Å². The van der Waals surface area contributed by atoms with Gasteiger partial charge in [0.1, 0.15) is 11.3 Å². The number of para-hydroxylation sites is 1. The number of carbonyl (C=O) groups is 1. The fraction of sp³-hybridized carbons (Fsp3) is 0.0769. The van der Waals surface area contributed by atoms with Crippen LogP contribution in [-0.4, -0.2) is 16.0 Å². The molecule has 0 radical (unpaired) electrons. The highest BCUT2D eigenvalue weighted by Crippen LogP contribution is 2.25. The number of hydrogen-bond donors (Lipinski definition) is 2. The van der Waals surface area contributed by atoms with Gasteiger partial charge in [0.05, 0.1) is 6.61 Å². The van der Waals surface area contributed by atoms with E-state index in [1.165, 1.54) is 12.3 Å². The van der Waals surface area contributed by atoms with Crippen molar-refractivity contribution < 1.29 is 14.6 Å². The molecule has 18 heavy (non-hydrogen) atoms.